The Morgan fingerprint density at radius 2 is 1.91 bits per heavy atom. The largest absolute Gasteiger partial charge is 0.491 e. The van der Waals surface area contributed by atoms with Crippen molar-refractivity contribution in [1.29, 1.82) is 0 Å². The van der Waals surface area contributed by atoms with E-state index in [1.807, 2.05) is 17.0 Å². The molecule has 2 aliphatic rings. The molecule has 3 aromatic rings. The number of fused-ring (bicyclic) bond motifs is 2. The van der Waals surface area contributed by atoms with E-state index in [9.17, 15) is 9.59 Å². The first-order chi connectivity index (χ1) is 16.0. The number of likely N-dealkylation sites (N-methyl/N-ethyl adjacent to an activating group) is 1. The summed E-state index contributed by atoms with van der Waals surface area (Å²) in [5.74, 6) is 0.170. The molecule has 0 spiro atoms. The maximum absolute atomic E-state index is 13.4. The first kappa shape index (κ1) is 21.6. The van der Waals surface area contributed by atoms with Gasteiger partial charge in [0, 0.05) is 54.3 Å². The number of H-pyrrole nitrogens is 1. The molecule has 1 aromatic heterocycles. The fraction of sp³-hybridized carbons (Fsp3) is 0.333. The summed E-state index contributed by atoms with van der Waals surface area (Å²) in [7, 11) is 2.05. The summed E-state index contributed by atoms with van der Waals surface area (Å²) in [4.78, 5) is 33.6. The fourth-order valence-corrected chi connectivity index (χ4v) is 4.40. The Morgan fingerprint density at radius 3 is 2.73 bits per heavy atom. The number of ether oxygens (including phenoxy) is 1. The Morgan fingerprint density at radius 1 is 1.09 bits per heavy atom. The summed E-state index contributed by atoms with van der Waals surface area (Å²) < 4.78 is 5.96. The van der Waals surface area contributed by atoms with Crippen molar-refractivity contribution in [1.82, 2.24) is 14.8 Å². The Kier molecular flexibility index (Phi) is 5.86. The zero-order chi connectivity index (χ0) is 22.9. The molecule has 0 aliphatic carbocycles. The minimum Gasteiger partial charge on any atom is -0.491 e. The molecule has 5 rings (SSSR count). The van der Waals surface area contributed by atoms with Gasteiger partial charge in [0.15, 0.2) is 5.75 Å². The molecule has 3 N–H and O–H groups in total. The van der Waals surface area contributed by atoms with Crippen molar-refractivity contribution in [2.75, 3.05) is 57.0 Å². The van der Waals surface area contributed by atoms with Gasteiger partial charge in [-0.25, -0.2) is 0 Å². The monoisotopic (exact) mass is 467 g/mol. The average molecular weight is 468 g/mol. The maximum atomic E-state index is 13.4. The van der Waals surface area contributed by atoms with Crippen LogP contribution in [0.2, 0.25) is 5.02 Å². The zero-order valence-corrected chi connectivity index (χ0v) is 19.2. The summed E-state index contributed by atoms with van der Waals surface area (Å²) in [6, 6.07) is 10.7. The number of aromatic amines is 1. The molecular weight excluding hydrogens is 442 g/mol. The number of halogens is 1. The number of nitrogens with one attached hydrogen (secondary N) is 3. The number of benzene rings is 2. The molecule has 3 heterocycles. The van der Waals surface area contributed by atoms with Crippen molar-refractivity contribution >= 4 is 45.7 Å². The van der Waals surface area contributed by atoms with Crippen molar-refractivity contribution in [3.63, 3.8) is 0 Å². The van der Waals surface area contributed by atoms with E-state index >= 15 is 0 Å². The molecule has 33 heavy (non-hydrogen) atoms. The number of piperazine rings is 1. The summed E-state index contributed by atoms with van der Waals surface area (Å²) >= 11 is 6.07. The van der Waals surface area contributed by atoms with Crippen molar-refractivity contribution in [2.24, 2.45) is 0 Å². The van der Waals surface area contributed by atoms with E-state index in [2.05, 4.69) is 27.6 Å². The molecule has 2 aromatic carbocycles. The SMILES string of the molecule is CN1CCN(C(=O)c2cc(NC(=O)c3cc4cc(Cl)ccc4[nH]3)cc3c2OCCCN3)CC1. The maximum Gasteiger partial charge on any atom is 0.272 e. The fourth-order valence-electron chi connectivity index (χ4n) is 4.22. The van der Waals surface area contributed by atoms with Crippen molar-refractivity contribution in [3.8, 4) is 5.75 Å². The summed E-state index contributed by atoms with van der Waals surface area (Å²) in [6.45, 7) is 4.24. The van der Waals surface area contributed by atoms with E-state index in [0.29, 0.717) is 53.1 Å². The Hall–Kier alpha value is -3.23. The molecule has 9 heteroatoms. The second-order valence-corrected chi connectivity index (χ2v) is 8.93. The molecule has 8 nitrogen and oxygen atoms in total. The van der Waals surface area contributed by atoms with Crippen molar-refractivity contribution in [3.05, 3.63) is 52.7 Å². The quantitative estimate of drug-likeness (QED) is 0.547. The van der Waals surface area contributed by atoms with Crippen molar-refractivity contribution < 1.29 is 14.3 Å². The van der Waals surface area contributed by atoms with Gasteiger partial charge >= 0.3 is 0 Å². The first-order valence-corrected chi connectivity index (χ1v) is 11.5. The number of rotatable bonds is 3. The van der Waals surface area contributed by atoms with Crippen LogP contribution in [0.15, 0.2) is 36.4 Å². The molecule has 1 saturated heterocycles. The smallest absolute Gasteiger partial charge is 0.272 e. The molecule has 2 aliphatic heterocycles. The number of anilines is 2. The standard InChI is InChI=1S/C24H26ClN5O3/c1-29-6-8-30(9-7-29)24(32)18-13-17(14-20-22(18)33-10-2-5-26-20)27-23(31)21-12-15-11-16(25)3-4-19(15)28-21/h3-4,11-14,26,28H,2,5-10H2,1H3,(H,27,31). The minimum absolute atomic E-state index is 0.0839. The molecule has 0 saturated carbocycles. The van der Waals surface area contributed by atoms with Crippen LogP contribution in [-0.4, -0.2) is 73.0 Å². The molecule has 0 unspecified atom stereocenters. The third-order valence-corrected chi connectivity index (χ3v) is 6.31. The number of carbonyl (C=O) groups is 2. The van der Waals surface area contributed by atoms with Gasteiger partial charge in [0.1, 0.15) is 5.69 Å². The predicted octanol–water partition coefficient (Wildman–Crippen LogP) is 3.66. The summed E-state index contributed by atoms with van der Waals surface area (Å²) in [5.41, 5.74) is 2.95. The van der Waals surface area contributed by atoms with Gasteiger partial charge < -0.3 is 30.2 Å². The number of aromatic nitrogens is 1. The molecule has 1 fully saturated rings. The van der Waals surface area contributed by atoms with Crippen LogP contribution in [0.5, 0.6) is 5.75 Å². The summed E-state index contributed by atoms with van der Waals surface area (Å²) in [5, 5.41) is 7.73. The minimum atomic E-state index is -0.296. The third kappa shape index (κ3) is 4.49. The lowest BCUT2D eigenvalue weighted by atomic mass is 10.1. The first-order valence-electron chi connectivity index (χ1n) is 11.1. The van der Waals surface area contributed by atoms with E-state index in [0.717, 1.165) is 37.0 Å². The lowest BCUT2D eigenvalue weighted by molar-refractivity contribution is 0.0660. The van der Waals surface area contributed by atoms with Crippen LogP contribution in [0.1, 0.15) is 27.3 Å². The van der Waals surface area contributed by atoms with E-state index in [4.69, 9.17) is 16.3 Å². The van der Waals surface area contributed by atoms with E-state index in [-0.39, 0.29) is 11.8 Å². The van der Waals surface area contributed by atoms with Gasteiger partial charge in [-0.15, -0.1) is 0 Å². The highest BCUT2D eigenvalue weighted by molar-refractivity contribution is 6.31. The van der Waals surface area contributed by atoms with Crippen LogP contribution < -0.4 is 15.4 Å². The van der Waals surface area contributed by atoms with Crippen LogP contribution in [0.25, 0.3) is 10.9 Å². The highest BCUT2D eigenvalue weighted by Gasteiger charge is 2.27. The number of amides is 2. The molecule has 0 bridgehead atoms. The lowest BCUT2D eigenvalue weighted by Gasteiger charge is -2.33. The highest BCUT2D eigenvalue weighted by atomic mass is 35.5. The zero-order valence-electron chi connectivity index (χ0n) is 18.4. The number of carbonyl (C=O) groups excluding carboxylic acids is 2. The van der Waals surface area contributed by atoms with Gasteiger partial charge in [-0.2, -0.15) is 0 Å². The normalized spacial score (nSPS) is 16.5. The van der Waals surface area contributed by atoms with E-state index in [1.165, 1.54) is 0 Å². The van der Waals surface area contributed by atoms with Crippen LogP contribution in [0.3, 0.4) is 0 Å². The second-order valence-electron chi connectivity index (χ2n) is 8.49. The molecule has 0 atom stereocenters. The average Bonchev–Trinajstić information content (AvgIpc) is 3.08. The topological polar surface area (TPSA) is 89.7 Å². The molecule has 0 radical (unpaired) electrons. The Bertz CT molecular complexity index is 1220. The summed E-state index contributed by atoms with van der Waals surface area (Å²) in [6.07, 6.45) is 0.830. The molecule has 172 valence electrons. The van der Waals surface area contributed by atoms with Crippen LogP contribution >= 0.6 is 11.6 Å². The van der Waals surface area contributed by atoms with Crippen LogP contribution in [0.4, 0.5) is 11.4 Å². The van der Waals surface area contributed by atoms with E-state index in [1.54, 1.807) is 24.3 Å². The van der Waals surface area contributed by atoms with Crippen molar-refractivity contribution in [2.45, 2.75) is 6.42 Å². The van der Waals surface area contributed by atoms with Gasteiger partial charge in [0.05, 0.1) is 17.9 Å². The van der Waals surface area contributed by atoms with Gasteiger partial charge in [-0.3, -0.25) is 9.59 Å². The third-order valence-electron chi connectivity index (χ3n) is 6.08. The van der Waals surface area contributed by atoms with Crippen LogP contribution in [-0.2, 0) is 0 Å². The number of hydrogen-bond donors (Lipinski definition) is 3. The Labute approximate surface area is 196 Å². The van der Waals surface area contributed by atoms with E-state index < -0.39 is 0 Å². The number of hydrogen-bond acceptors (Lipinski definition) is 5. The number of nitrogens with zero attached hydrogens (tertiary/aromatic N) is 2. The highest BCUT2D eigenvalue weighted by Crippen LogP contribution is 2.36. The van der Waals surface area contributed by atoms with Gasteiger partial charge in [0.2, 0.25) is 0 Å². The molecule has 2 amide bonds. The second kappa shape index (κ2) is 8.96. The van der Waals surface area contributed by atoms with Gasteiger partial charge in [0.25, 0.3) is 11.8 Å². The molecular formula is C24H26ClN5O3. The Balaban J connectivity index is 1.45. The predicted molar refractivity (Wildman–Crippen MR) is 130 cm³/mol. The van der Waals surface area contributed by atoms with Crippen LogP contribution in [0, 0.1) is 0 Å². The lowest BCUT2D eigenvalue weighted by Crippen LogP contribution is -2.47. The van der Waals surface area contributed by atoms with Gasteiger partial charge in [-0.05, 0) is 49.9 Å². The van der Waals surface area contributed by atoms with Gasteiger partial charge in [-0.1, -0.05) is 11.6 Å².